The highest BCUT2D eigenvalue weighted by Crippen LogP contribution is 2.51. The van der Waals surface area contributed by atoms with Crippen molar-refractivity contribution in [1.29, 1.82) is 0 Å². The van der Waals surface area contributed by atoms with Gasteiger partial charge in [0.15, 0.2) is 0 Å². The Morgan fingerprint density at radius 1 is 1.26 bits per heavy atom. The number of hydrogen-bond acceptors (Lipinski definition) is 7. The van der Waals surface area contributed by atoms with E-state index < -0.39 is 42.2 Å². The standard InChI is InChI=1S/C21H29F2N5O5S/c1-8-14-13(9(2)26-19(30)17(22)23)20(31)28(14)15(21(32)33)16(8)34-11-5-12(25-7-11)18(29)27-10-3-4-24-6-10/h8-14,17,24-25H,3-7H2,1-2H3,(H,26,30)(H,27,29)(H,32,33)/t8-,9-,10-,11+,12+,13-,14-/m1/s1. The molecule has 4 aliphatic heterocycles. The first kappa shape index (κ1) is 24.9. The Bertz CT molecular complexity index is 912. The average Bonchev–Trinajstić information content (AvgIpc) is 3.49. The fraction of sp³-hybridized carbons (Fsp3) is 0.714. The second-order valence-electron chi connectivity index (χ2n) is 9.26. The second-order valence-corrected chi connectivity index (χ2v) is 10.6. The van der Waals surface area contributed by atoms with E-state index in [1.165, 1.54) is 23.6 Å². The minimum Gasteiger partial charge on any atom is -0.477 e. The zero-order valence-corrected chi connectivity index (χ0v) is 19.7. The van der Waals surface area contributed by atoms with E-state index in [1.807, 2.05) is 0 Å². The normalized spacial score (nSPS) is 33.7. The number of fused-ring (bicyclic) bond motifs is 1. The lowest BCUT2D eigenvalue weighted by Crippen LogP contribution is -2.66. The van der Waals surface area contributed by atoms with Crippen LogP contribution in [0.1, 0.15) is 26.7 Å². The molecular weight excluding hydrogens is 472 g/mol. The molecule has 7 atom stereocenters. The van der Waals surface area contributed by atoms with E-state index in [0.29, 0.717) is 17.9 Å². The molecule has 0 unspecified atom stereocenters. The van der Waals surface area contributed by atoms with E-state index in [9.17, 15) is 33.1 Å². The van der Waals surface area contributed by atoms with Crippen LogP contribution in [-0.2, 0) is 19.2 Å². The number of hydrogen-bond donors (Lipinski definition) is 5. The molecular formula is C21H29F2N5O5S. The minimum absolute atomic E-state index is 0.0625. The third-order valence-corrected chi connectivity index (χ3v) is 8.52. The van der Waals surface area contributed by atoms with Crippen LogP contribution in [0.15, 0.2) is 10.6 Å². The van der Waals surface area contributed by atoms with Crippen LogP contribution >= 0.6 is 11.8 Å². The maximum Gasteiger partial charge on any atom is 0.353 e. The third-order valence-electron chi connectivity index (χ3n) is 7.01. The van der Waals surface area contributed by atoms with E-state index in [-0.39, 0.29) is 34.9 Å². The van der Waals surface area contributed by atoms with Crippen LogP contribution < -0.4 is 21.3 Å². The third kappa shape index (κ3) is 4.52. The van der Waals surface area contributed by atoms with E-state index >= 15 is 0 Å². The van der Waals surface area contributed by atoms with Gasteiger partial charge in [0.1, 0.15) is 5.70 Å². The fourth-order valence-corrected chi connectivity index (χ4v) is 6.80. The zero-order valence-electron chi connectivity index (χ0n) is 18.8. The van der Waals surface area contributed by atoms with Crippen molar-refractivity contribution in [3.05, 3.63) is 10.6 Å². The summed E-state index contributed by atoms with van der Waals surface area (Å²) < 4.78 is 25.3. The van der Waals surface area contributed by atoms with Crippen LogP contribution in [0.3, 0.4) is 0 Å². The summed E-state index contributed by atoms with van der Waals surface area (Å²) in [6, 6.07) is -1.66. The molecule has 0 aliphatic carbocycles. The van der Waals surface area contributed by atoms with Gasteiger partial charge in [-0.15, -0.1) is 11.8 Å². The Hall–Kier alpha value is -2.25. The number of amides is 3. The number of carboxylic acid groups (broad SMARTS) is 1. The van der Waals surface area contributed by atoms with E-state index in [0.717, 1.165) is 19.5 Å². The molecule has 4 aliphatic rings. The van der Waals surface area contributed by atoms with Gasteiger partial charge in [-0.2, -0.15) is 8.78 Å². The highest BCUT2D eigenvalue weighted by atomic mass is 32.2. The van der Waals surface area contributed by atoms with Crippen molar-refractivity contribution in [2.24, 2.45) is 11.8 Å². The number of carbonyl (C=O) groups is 4. The van der Waals surface area contributed by atoms with Gasteiger partial charge in [-0.1, -0.05) is 6.92 Å². The van der Waals surface area contributed by atoms with Crippen molar-refractivity contribution in [3.8, 4) is 0 Å². The van der Waals surface area contributed by atoms with E-state index in [4.69, 9.17) is 0 Å². The highest BCUT2D eigenvalue weighted by Gasteiger charge is 2.60. The summed E-state index contributed by atoms with van der Waals surface area (Å²) in [5, 5.41) is 21.3. The lowest BCUT2D eigenvalue weighted by atomic mass is 9.78. The zero-order chi connectivity index (χ0) is 24.7. The van der Waals surface area contributed by atoms with Crippen molar-refractivity contribution >= 4 is 35.5 Å². The molecule has 3 amide bonds. The van der Waals surface area contributed by atoms with Crippen molar-refractivity contribution in [2.45, 2.75) is 62.5 Å². The quantitative estimate of drug-likeness (QED) is 0.280. The Labute approximate surface area is 199 Å². The Kier molecular flexibility index (Phi) is 7.15. The summed E-state index contributed by atoms with van der Waals surface area (Å²) in [7, 11) is 0. The SMILES string of the molecule is C[C@@H](NC(=O)C(F)F)[C@H]1C(=O)N2C(C(=O)O)=C(S[C@@H]3CN[C@H](C(=O)N[C@@H]4CCNC4)C3)[C@H](C)[C@H]12. The number of β-lactam (4-membered cyclic amide) rings is 1. The van der Waals surface area contributed by atoms with Gasteiger partial charge in [-0.3, -0.25) is 14.4 Å². The van der Waals surface area contributed by atoms with Gasteiger partial charge in [0.25, 0.3) is 5.91 Å². The molecule has 4 rings (SSSR count). The van der Waals surface area contributed by atoms with E-state index in [1.54, 1.807) is 6.92 Å². The molecule has 0 aromatic rings. The summed E-state index contributed by atoms with van der Waals surface area (Å²) in [5.74, 6) is -4.40. The largest absolute Gasteiger partial charge is 0.477 e. The summed E-state index contributed by atoms with van der Waals surface area (Å²) in [6.07, 6.45) is -1.80. The molecule has 0 saturated carbocycles. The molecule has 0 spiro atoms. The van der Waals surface area contributed by atoms with Crippen molar-refractivity contribution in [2.75, 3.05) is 19.6 Å². The molecule has 5 N–H and O–H groups in total. The molecule has 0 aromatic heterocycles. The smallest absolute Gasteiger partial charge is 0.353 e. The number of halogens is 2. The Morgan fingerprint density at radius 2 is 2.00 bits per heavy atom. The van der Waals surface area contributed by atoms with Gasteiger partial charge in [-0.25, -0.2) is 4.79 Å². The van der Waals surface area contributed by atoms with Gasteiger partial charge >= 0.3 is 12.4 Å². The van der Waals surface area contributed by atoms with Crippen LogP contribution in [-0.4, -0.2) is 89.2 Å². The van der Waals surface area contributed by atoms with Gasteiger partial charge < -0.3 is 31.3 Å². The summed E-state index contributed by atoms with van der Waals surface area (Å²) in [6.45, 7) is 5.40. The number of nitrogens with zero attached hydrogens (tertiary/aromatic N) is 1. The second kappa shape index (κ2) is 9.78. The molecule has 0 bridgehead atoms. The molecule has 0 aromatic carbocycles. The molecule has 0 radical (unpaired) electrons. The molecule has 13 heteroatoms. The monoisotopic (exact) mass is 501 g/mol. The first-order chi connectivity index (χ1) is 16.1. The van der Waals surface area contributed by atoms with Crippen molar-refractivity contribution < 1.29 is 33.1 Å². The number of thioether (sulfide) groups is 1. The summed E-state index contributed by atoms with van der Waals surface area (Å²) >= 11 is 1.35. The first-order valence-electron chi connectivity index (χ1n) is 11.4. The lowest BCUT2D eigenvalue weighted by molar-refractivity contribution is -0.159. The first-order valence-corrected chi connectivity index (χ1v) is 12.3. The minimum atomic E-state index is -3.20. The highest BCUT2D eigenvalue weighted by molar-refractivity contribution is 8.03. The van der Waals surface area contributed by atoms with Crippen LogP contribution in [0, 0.1) is 11.8 Å². The number of alkyl halides is 2. The summed E-state index contributed by atoms with van der Waals surface area (Å²) in [4.78, 5) is 50.6. The molecule has 4 heterocycles. The lowest BCUT2D eigenvalue weighted by Gasteiger charge is -2.47. The van der Waals surface area contributed by atoms with Gasteiger partial charge in [-0.05, 0) is 26.3 Å². The molecule has 3 fully saturated rings. The maximum atomic E-state index is 12.8. The summed E-state index contributed by atoms with van der Waals surface area (Å²) in [5.41, 5.74) is -0.0962. The fourth-order valence-electron chi connectivity index (χ4n) is 5.33. The predicted molar refractivity (Wildman–Crippen MR) is 119 cm³/mol. The Balaban J connectivity index is 1.42. The van der Waals surface area contributed by atoms with Gasteiger partial charge in [0.2, 0.25) is 11.8 Å². The van der Waals surface area contributed by atoms with Crippen molar-refractivity contribution in [1.82, 2.24) is 26.2 Å². The predicted octanol–water partition coefficient (Wildman–Crippen LogP) is -0.529. The molecule has 10 nitrogen and oxygen atoms in total. The Morgan fingerprint density at radius 3 is 2.62 bits per heavy atom. The topological polar surface area (TPSA) is 140 Å². The van der Waals surface area contributed by atoms with E-state index in [2.05, 4.69) is 21.3 Å². The van der Waals surface area contributed by atoms with Crippen LogP contribution in [0.5, 0.6) is 0 Å². The van der Waals surface area contributed by atoms with Gasteiger partial charge in [0.05, 0.1) is 18.0 Å². The molecule has 34 heavy (non-hydrogen) atoms. The number of aliphatic carboxylic acids is 1. The van der Waals surface area contributed by atoms with Crippen LogP contribution in [0.2, 0.25) is 0 Å². The van der Waals surface area contributed by atoms with Gasteiger partial charge in [0, 0.05) is 41.2 Å². The number of carbonyl (C=O) groups excluding carboxylic acids is 3. The van der Waals surface area contributed by atoms with Crippen molar-refractivity contribution in [3.63, 3.8) is 0 Å². The molecule has 188 valence electrons. The maximum absolute atomic E-state index is 12.8. The number of rotatable bonds is 8. The number of carboxylic acids is 1. The average molecular weight is 502 g/mol. The number of nitrogens with one attached hydrogen (secondary N) is 4. The van der Waals surface area contributed by atoms with Crippen LogP contribution in [0.25, 0.3) is 0 Å². The van der Waals surface area contributed by atoms with Crippen LogP contribution in [0.4, 0.5) is 8.78 Å². The molecule has 3 saturated heterocycles.